The van der Waals surface area contributed by atoms with Gasteiger partial charge in [-0.05, 0) is 37.6 Å². The fourth-order valence-corrected chi connectivity index (χ4v) is 1.92. The van der Waals surface area contributed by atoms with Crippen molar-refractivity contribution in [3.05, 3.63) is 41.6 Å². The largest absolute Gasteiger partial charge is 0.323 e. The van der Waals surface area contributed by atoms with Crippen molar-refractivity contribution in [1.29, 1.82) is 0 Å². The molecule has 0 aliphatic rings. The Hall–Kier alpha value is -2.10. The standard InChI is InChI=1S/C17H25N3O/c1-12-8-7-9-14(10-12)20-16(21)19-13(2)11-15(18-6)17(3,4)5/h7-11H,1-6H3,(H2,19,20,21)/b13-11+,18-15?. The molecule has 0 saturated carbocycles. The maximum absolute atomic E-state index is 12.0. The number of hydrogen-bond donors (Lipinski definition) is 2. The molecule has 1 aromatic carbocycles. The number of carbonyl (C=O) groups excluding carboxylic acids is 1. The van der Waals surface area contributed by atoms with Crippen LogP contribution in [-0.2, 0) is 0 Å². The van der Waals surface area contributed by atoms with E-state index in [1.54, 1.807) is 7.05 Å². The van der Waals surface area contributed by atoms with Gasteiger partial charge in [0, 0.05) is 29.6 Å². The van der Waals surface area contributed by atoms with E-state index < -0.39 is 0 Å². The first-order chi connectivity index (χ1) is 9.72. The van der Waals surface area contributed by atoms with Gasteiger partial charge in [-0.25, -0.2) is 4.79 Å². The molecule has 4 heteroatoms. The van der Waals surface area contributed by atoms with Gasteiger partial charge in [0.05, 0.1) is 0 Å². The van der Waals surface area contributed by atoms with Crippen LogP contribution in [0.25, 0.3) is 0 Å². The molecule has 0 bridgehead atoms. The Morgan fingerprint density at radius 3 is 2.48 bits per heavy atom. The minimum Gasteiger partial charge on any atom is -0.312 e. The summed E-state index contributed by atoms with van der Waals surface area (Å²) in [6.45, 7) is 10.1. The second-order valence-corrected chi connectivity index (χ2v) is 6.13. The van der Waals surface area contributed by atoms with Crippen molar-refractivity contribution in [2.45, 2.75) is 34.6 Å². The summed E-state index contributed by atoms with van der Waals surface area (Å²) in [5.41, 5.74) is 3.53. The third-order valence-electron chi connectivity index (χ3n) is 2.95. The average Bonchev–Trinajstić information content (AvgIpc) is 2.34. The van der Waals surface area contributed by atoms with Gasteiger partial charge in [0.25, 0.3) is 0 Å². The maximum Gasteiger partial charge on any atom is 0.323 e. The summed E-state index contributed by atoms with van der Waals surface area (Å²) < 4.78 is 0. The molecule has 0 heterocycles. The van der Waals surface area contributed by atoms with Crippen LogP contribution >= 0.6 is 0 Å². The number of allylic oxidation sites excluding steroid dienone is 2. The fourth-order valence-electron chi connectivity index (χ4n) is 1.92. The number of aliphatic imine (C=N–C) groups is 1. The summed E-state index contributed by atoms with van der Waals surface area (Å²) in [7, 11) is 1.76. The van der Waals surface area contributed by atoms with Crippen molar-refractivity contribution < 1.29 is 4.79 Å². The number of urea groups is 1. The molecule has 114 valence electrons. The zero-order valence-corrected chi connectivity index (χ0v) is 13.7. The zero-order chi connectivity index (χ0) is 16.0. The van der Waals surface area contributed by atoms with Crippen LogP contribution in [0.3, 0.4) is 0 Å². The van der Waals surface area contributed by atoms with Crippen LogP contribution in [0.2, 0.25) is 0 Å². The first kappa shape index (κ1) is 17.0. The SMILES string of the molecule is CN=C(/C=C(\C)NC(=O)Nc1cccc(C)c1)C(C)(C)C. The van der Waals surface area contributed by atoms with Crippen molar-refractivity contribution in [3.63, 3.8) is 0 Å². The summed E-state index contributed by atoms with van der Waals surface area (Å²) in [6, 6.07) is 7.43. The number of benzene rings is 1. The summed E-state index contributed by atoms with van der Waals surface area (Å²) in [5, 5.41) is 5.63. The van der Waals surface area contributed by atoms with Crippen molar-refractivity contribution in [1.82, 2.24) is 5.32 Å². The van der Waals surface area contributed by atoms with Gasteiger partial charge in [-0.2, -0.15) is 0 Å². The molecule has 0 atom stereocenters. The minimum absolute atomic E-state index is 0.0509. The lowest BCUT2D eigenvalue weighted by Gasteiger charge is -2.19. The summed E-state index contributed by atoms with van der Waals surface area (Å²) >= 11 is 0. The van der Waals surface area contributed by atoms with Crippen molar-refractivity contribution in [3.8, 4) is 0 Å². The first-order valence-electron chi connectivity index (χ1n) is 7.02. The van der Waals surface area contributed by atoms with Gasteiger partial charge in [-0.3, -0.25) is 4.99 Å². The number of nitrogens with zero attached hydrogens (tertiary/aromatic N) is 1. The first-order valence-corrected chi connectivity index (χ1v) is 7.02. The van der Waals surface area contributed by atoms with Crippen molar-refractivity contribution >= 4 is 17.4 Å². The number of rotatable bonds is 3. The molecule has 0 fully saturated rings. The van der Waals surface area contributed by atoms with Gasteiger partial charge in [0.1, 0.15) is 0 Å². The molecule has 1 aromatic rings. The van der Waals surface area contributed by atoms with Crippen LogP contribution in [0.5, 0.6) is 0 Å². The molecule has 2 N–H and O–H groups in total. The molecule has 4 nitrogen and oxygen atoms in total. The molecule has 2 amide bonds. The number of aryl methyl sites for hydroxylation is 1. The Balaban J connectivity index is 2.70. The quantitative estimate of drug-likeness (QED) is 0.807. The molecule has 0 spiro atoms. The maximum atomic E-state index is 12.0. The molecule has 0 aromatic heterocycles. The van der Waals surface area contributed by atoms with Gasteiger partial charge in [0.15, 0.2) is 0 Å². The van der Waals surface area contributed by atoms with E-state index in [0.717, 1.165) is 22.7 Å². The molecule has 0 aliphatic heterocycles. The van der Waals surface area contributed by atoms with Crippen molar-refractivity contribution in [2.24, 2.45) is 10.4 Å². The Morgan fingerprint density at radius 1 is 1.29 bits per heavy atom. The number of nitrogens with one attached hydrogen (secondary N) is 2. The molecule has 0 saturated heterocycles. The van der Waals surface area contributed by atoms with Gasteiger partial charge < -0.3 is 10.6 Å². The number of carbonyl (C=O) groups is 1. The molecule has 21 heavy (non-hydrogen) atoms. The Labute approximate surface area is 127 Å². The van der Waals surface area contributed by atoms with Crippen LogP contribution in [0.15, 0.2) is 41.0 Å². The van der Waals surface area contributed by atoms with Gasteiger partial charge >= 0.3 is 6.03 Å². The molecule has 0 aliphatic carbocycles. The van der Waals surface area contributed by atoms with Crippen LogP contribution in [-0.4, -0.2) is 18.8 Å². The third kappa shape index (κ3) is 5.81. The van der Waals surface area contributed by atoms with Gasteiger partial charge in [-0.1, -0.05) is 32.9 Å². The Bertz CT molecular complexity index is 566. The van der Waals surface area contributed by atoms with E-state index in [0.29, 0.717) is 0 Å². The predicted octanol–water partition coefficient (Wildman–Crippen LogP) is 4.14. The highest BCUT2D eigenvalue weighted by Crippen LogP contribution is 2.17. The molecular formula is C17H25N3O. The number of anilines is 1. The van der Waals surface area contributed by atoms with E-state index in [1.807, 2.05) is 44.2 Å². The number of amides is 2. The smallest absolute Gasteiger partial charge is 0.312 e. The van der Waals surface area contributed by atoms with Gasteiger partial charge in [0.2, 0.25) is 0 Å². The monoisotopic (exact) mass is 287 g/mol. The van der Waals surface area contributed by atoms with Crippen LogP contribution in [0.1, 0.15) is 33.3 Å². The highest BCUT2D eigenvalue weighted by molar-refractivity contribution is 6.00. The average molecular weight is 287 g/mol. The molecular weight excluding hydrogens is 262 g/mol. The summed E-state index contributed by atoms with van der Waals surface area (Å²) in [4.78, 5) is 16.2. The van der Waals surface area contributed by atoms with Crippen LogP contribution < -0.4 is 10.6 Å². The highest BCUT2D eigenvalue weighted by atomic mass is 16.2. The topological polar surface area (TPSA) is 53.5 Å². The summed E-state index contributed by atoms with van der Waals surface area (Å²) in [5.74, 6) is 0. The highest BCUT2D eigenvalue weighted by Gasteiger charge is 2.16. The molecule has 0 radical (unpaired) electrons. The normalized spacial score (nSPS) is 13.0. The molecule has 0 unspecified atom stereocenters. The Morgan fingerprint density at radius 2 is 1.95 bits per heavy atom. The lowest BCUT2D eigenvalue weighted by molar-refractivity contribution is 0.254. The van der Waals surface area contributed by atoms with E-state index in [-0.39, 0.29) is 11.4 Å². The van der Waals surface area contributed by atoms with Crippen LogP contribution in [0, 0.1) is 12.3 Å². The lowest BCUT2D eigenvalue weighted by atomic mass is 9.89. The fraction of sp³-hybridized carbons (Fsp3) is 0.412. The van der Waals surface area contributed by atoms with E-state index >= 15 is 0 Å². The van der Waals surface area contributed by atoms with Crippen LogP contribution in [0.4, 0.5) is 10.5 Å². The van der Waals surface area contributed by atoms with E-state index in [2.05, 4.69) is 36.4 Å². The predicted molar refractivity (Wildman–Crippen MR) is 89.9 cm³/mol. The minimum atomic E-state index is -0.251. The second kappa shape index (κ2) is 7.07. The lowest BCUT2D eigenvalue weighted by Crippen LogP contribution is -2.28. The van der Waals surface area contributed by atoms with E-state index in [9.17, 15) is 4.79 Å². The third-order valence-corrected chi connectivity index (χ3v) is 2.95. The molecule has 1 rings (SSSR count). The zero-order valence-electron chi connectivity index (χ0n) is 13.7. The summed E-state index contributed by atoms with van der Waals surface area (Å²) in [6.07, 6.45) is 1.90. The van der Waals surface area contributed by atoms with Crippen molar-refractivity contribution in [2.75, 3.05) is 12.4 Å². The number of hydrogen-bond acceptors (Lipinski definition) is 2. The Kier molecular flexibility index (Phi) is 5.70. The van der Waals surface area contributed by atoms with Gasteiger partial charge in [-0.15, -0.1) is 0 Å². The second-order valence-electron chi connectivity index (χ2n) is 6.13. The van der Waals surface area contributed by atoms with E-state index in [1.165, 1.54) is 0 Å². The van der Waals surface area contributed by atoms with E-state index in [4.69, 9.17) is 0 Å².